The van der Waals surface area contributed by atoms with Crippen LogP contribution in [0.3, 0.4) is 0 Å². The smallest absolute Gasteiger partial charge is 0.465 e. The molecule has 1 aromatic carbocycles. The van der Waals surface area contributed by atoms with E-state index in [1.54, 1.807) is 0 Å². The van der Waals surface area contributed by atoms with Crippen molar-refractivity contribution in [3.8, 4) is 11.8 Å². The van der Waals surface area contributed by atoms with Gasteiger partial charge < -0.3 is 9.47 Å². The van der Waals surface area contributed by atoms with Crippen molar-refractivity contribution >= 4 is 18.6 Å². The number of nitrogens with zero attached hydrogens (tertiary/aromatic N) is 1. The van der Waals surface area contributed by atoms with Crippen LogP contribution in [0.1, 0.15) is 15.9 Å². The lowest BCUT2D eigenvalue weighted by Crippen LogP contribution is -2.19. The van der Waals surface area contributed by atoms with E-state index in [-0.39, 0.29) is 10.5 Å². The number of rotatable bonds is 2. The van der Waals surface area contributed by atoms with E-state index >= 15 is 0 Å². The molecule has 0 aliphatic rings. The molecule has 0 spiro atoms. The van der Waals surface area contributed by atoms with Crippen LogP contribution in [0, 0.1) is 11.3 Å². The molecule has 0 bridgehead atoms. The van der Waals surface area contributed by atoms with Crippen LogP contribution in [0.5, 0.6) is 5.75 Å². The van der Waals surface area contributed by atoms with E-state index in [0.29, 0.717) is 0 Å². The molecule has 0 saturated heterocycles. The van der Waals surface area contributed by atoms with E-state index in [2.05, 4.69) is 22.1 Å². The van der Waals surface area contributed by atoms with Gasteiger partial charge in [-0.2, -0.15) is 5.26 Å². The fourth-order valence-corrected chi connectivity index (χ4v) is 1.44. The SMILES string of the molecule is COC(=O)c1cc(S)cc(OC(F)(F)F)c1C#N. The quantitative estimate of drug-likeness (QED) is 0.666. The van der Waals surface area contributed by atoms with Crippen LogP contribution in [0.25, 0.3) is 0 Å². The summed E-state index contributed by atoms with van der Waals surface area (Å²) in [6, 6.07) is 3.48. The number of halogens is 3. The molecular weight excluding hydrogens is 271 g/mol. The largest absolute Gasteiger partial charge is 0.573 e. The number of methoxy groups -OCH3 is 1. The minimum Gasteiger partial charge on any atom is -0.465 e. The highest BCUT2D eigenvalue weighted by atomic mass is 32.1. The van der Waals surface area contributed by atoms with Gasteiger partial charge in [0.1, 0.15) is 17.4 Å². The van der Waals surface area contributed by atoms with Crippen LogP contribution in [-0.4, -0.2) is 19.4 Å². The van der Waals surface area contributed by atoms with Crippen molar-refractivity contribution in [1.82, 2.24) is 0 Å². The van der Waals surface area contributed by atoms with Crippen LogP contribution in [0.2, 0.25) is 0 Å². The molecule has 0 fully saturated rings. The molecule has 0 N–H and O–H groups in total. The molecule has 8 heteroatoms. The summed E-state index contributed by atoms with van der Waals surface area (Å²) < 4.78 is 44.4. The lowest BCUT2D eigenvalue weighted by Gasteiger charge is -2.12. The van der Waals surface area contributed by atoms with Crippen molar-refractivity contribution < 1.29 is 27.4 Å². The Bertz CT molecular complexity index is 522. The molecule has 0 aliphatic carbocycles. The molecule has 0 saturated carbocycles. The van der Waals surface area contributed by atoms with Gasteiger partial charge in [-0.05, 0) is 12.1 Å². The van der Waals surface area contributed by atoms with Gasteiger partial charge in [0.25, 0.3) is 0 Å². The normalized spacial score (nSPS) is 10.7. The van der Waals surface area contributed by atoms with Gasteiger partial charge in [-0.1, -0.05) is 0 Å². The molecular formula is C10H6F3NO3S. The van der Waals surface area contributed by atoms with E-state index < -0.39 is 23.6 Å². The molecule has 4 nitrogen and oxygen atoms in total. The number of hydrogen-bond acceptors (Lipinski definition) is 5. The van der Waals surface area contributed by atoms with Crippen molar-refractivity contribution in [2.24, 2.45) is 0 Å². The van der Waals surface area contributed by atoms with Crippen molar-refractivity contribution in [3.63, 3.8) is 0 Å². The minimum atomic E-state index is -4.97. The third-order valence-electron chi connectivity index (χ3n) is 1.83. The molecule has 0 atom stereocenters. The Morgan fingerprint density at radius 3 is 2.50 bits per heavy atom. The van der Waals surface area contributed by atoms with Gasteiger partial charge in [-0.25, -0.2) is 4.79 Å². The van der Waals surface area contributed by atoms with Gasteiger partial charge in [0.05, 0.1) is 12.7 Å². The summed E-state index contributed by atoms with van der Waals surface area (Å²) >= 11 is 3.83. The van der Waals surface area contributed by atoms with Gasteiger partial charge in [0, 0.05) is 4.90 Å². The summed E-state index contributed by atoms with van der Waals surface area (Å²) in [5.41, 5.74) is -0.899. The number of alkyl halides is 3. The van der Waals surface area contributed by atoms with Crippen molar-refractivity contribution in [2.75, 3.05) is 7.11 Å². The Hall–Kier alpha value is -1.88. The topological polar surface area (TPSA) is 59.3 Å². The first-order valence-electron chi connectivity index (χ1n) is 4.39. The maximum Gasteiger partial charge on any atom is 0.573 e. The van der Waals surface area contributed by atoms with Crippen LogP contribution in [0.4, 0.5) is 13.2 Å². The molecule has 0 aliphatic heterocycles. The highest BCUT2D eigenvalue weighted by Gasteiger charge is 2.33. The average Bonchev–Trinajstić information content (AvgIpc) is 2.25. The van der Waals surface area contributed by atoms with Crippen molar-refractivity contribution in [3.05, 3.63) is 23.3 Å². The summed E-state index contributed by atoms with van der Waals surface area (Å²) in [5.74, 6) is -1.74. The molecule has 0 heterocycles. The zero-order valence-corrected chi connectivity index (χ0v) is 9.80. The van der Waals surface area contributed by atoms with Crippen LogP contribution < -0.4 is 4.74 Å². The zero-order valence-electron chi connectivity index (χ0n) is 8.91. The first-order chi connectivity index (χ1) is 8.28. The molecule has 1 aromatic rings. The fourth-order valence-electron chi connectivity index (χ4n) is 1.19. The third kappa shape index (κ3) is 3.30. The summed E-state index contributed by atoms with van der Waals surface area (Å²) in [5, 5.41) is 8.80. The van der Waals surface area contributed by atoms with Gasteiger partial charge in [-0.3, -0.25) is 0 Å². The highest BCUT2D eigenvalue weighted by molar-refractivity contribution is 7.80. The third-order valence-corrected chi connectivity index (χ3v) is 2.09. The van der Waals surface area contributed by atoms with Gasteiger partial charge >= 0.3 is 12.3 Å². The number of carbonyl (C=O) groups is 1. The van der Waals surface area contributed by atoms with Crippen LogP contribution in [0.15, 0.2) is 17.0 Å². The Kier molecular flexibility index (Phi) is 4.08. The molecule has 96 valence electrons. The molecule has 0 radical (unpaired) electrons. The lowest BCUT2D eigenvalue weighted by molar-refractivity contribution is -0.274. The Morgan fingerprint density at radius 2 is 2.06 bits per heavy atom. The maximum absolute atomic E-state index is 12.1. The van der Waals surface area contributed by atoms with Crippen LogP contribution >= 0.6 is 12.6 Å². The minimum absolute atomic E-state index is 0.0358. The van der Waals surface area contributed by atoms with E-state index in [1.165, 1.54) is 6.07 Å². The number of carbonyl (C=O) groups excluding carboxylic acids is 1. The van der Waals surface area contributed by atoms with E-state index in [1.807, 2.05) is 0 Å². The Labute approximate surface area is 105 Å². The fraction of sp³-hybridized carbons (Fsp3) is 0.200. The number of ether oxygens (including phenoxy) is 2. The average molecular weight is 277 g/mol. The summed E-state index contributed by atoms with van der Waals surface area (Å²) in [6.45, 7) is 0. The van der Waals surface area contributed by atoms with E-state index in [9.17, 15) is 18.0 Å². The molecule has 1 rings (SSSR count). The standard InChI is InChI=1S/C10H6F3NO3S/c1-16-9(15)6-2-5(18)3-8(7(6)4-14)17-10(11,12)13/h2-3,18H,1H3. The second-order valence-electron chi connectivity index (χ2n) is 3.02. The Balaban J connectivity index is 3.39. The van der Waals surface area contributed by atoms with E-state index in [4.69, 9.17) is 5.26 Å². The maximum atomic E-state index is 12.1. The zero-order chi connectivity index (χ0) is 13.9. The second-order valence-corrected chi connectivity index (χ2v) is 3.53. The predicted molar refractivity (Wildman–Crippen MR) is 56.4 cm³/mol. The molecule has 0 unspecified atom stereocenters. The summed E-state index contributed by atoms with van der Waals surface area (Å²) in [7, 11) is 1.04. The first-order valence-corrected chi connectivity index (χ1v) is 4.84. The summed E-state index contributed by atoms with van der Waals surface area (Å²) in [6.07, 6.45) is -4.97. The predicted octanol–water partition coefficient (Wildman–Crippen LogP) is 2.53. The van der Waals surface area contributed by atoms with Crippen molar-refractivity contribution in [1.29, 1.82) is 5.26 Å². The molecule has 18 heavy (non-hydrogen) atoms. The number of esters is 1. The number of nitriles is 1. The molecule has 0 amide bonds. The first kappa shape index (κ1) is 14.2. The van der Waals surface area contributed by atoms with Crippen LogP contribution in [-0.2, 0) is 4.74 Å². The highest BCUT2D eigenvalue weighted by Crippen LogP contribution is 2.31. The van der Waals surface area contributed by atoms with Gasteiger partial charge in [0.15, 0.2) is 0 Å². The van der Waals surface area contributed by atoms with Gasteiger partial charge in [-0.15, -0.1) is 25.8 Å². The number of thiol groups is 1. The number of hydrogen-bond donors (Lipinski definition) is 1. The lowest BCUT2D eigenvalue weighted by atomic mass is 10.1. The van der Waals surface area contributed by atoms with Crippen molar-refractivity contribution in [2.45, 2.75) is 11.3 Å². The molecule has 0 aromatic heterocycles. The van der Waals surface area contributed by atoms with Gasteiger partial charge in [0.2, 0.25) is 0 Å². The second kappa shape index (κ2) is 5.18. The number of benzene rings is 1. The van der Waals surface area contributed by atoms with E-state index in [0.717, 1.165) is 19.2 Å². The summed E-state index contributed by atoms with van der Waals surface area (Å²) in [4.78, 5) is 11.4. The monoisotopic (exact) mass is 277 g/mol. The Morgan fingerprint density at radius 1 is 1.44 bits per heavy atom.